The molecule has 0 amide bonds. The molecule has 0 radical (unpaired) electrons. The second-order valence-corrected chi connectivity index (χ2v) is 5.61. The number of carbonyl (C=O) groups excluding carboxylic acids is 1. The number of aryl methyl sites for hydroxylation is 1. The van der Waals surface area contributed by atoms with E-state index in [0.29, 0.717) is 13.2 Å². The Morgan fingerprint density at radius 1 is 1.63 bits per heavy atom. The standard InChI is InChI=1S/C13H20N2O3S/c1-15-7-6-14-13(15)19-10-4-9-18-12(16)11-5-2-3-8-17-11/h6-7,11H,2-5,8-10H2,1H3. The van der Waals surface area contributed by atoms with Gasteiger partial charge in [-0.3, -0.25) is 0 Å². The molecule has 1 atom stereocenters. The smallest absolute Gasteiger partial charge is 0.335 e. The minimum Gasteiger partial charge on any atom is -0.464 e. The third-order valence-corrected chi connectivity index (χ3v) is 4.13. The lowest BCUT2D eigenvalue weighted by molar-refractivity contribution is -0.159. The van der Waals surface area contributed by atoms with E-state index in [1.165, 1.54) is 0 Å². The molecule has 1 aliphatic heterocycles. The number of nitrogens with zero attached hydrogens (tertiary/aromatic N) is 2. The van der Waals surface area contributed by atoms with E-state index in [1.807, 2.05) is 17.8 Å². The highest BCUT2D eigenvalue weighted by molar-refractivity contribution is 7.99. The van der Waals surface area contributed by atoms with Crippen molar-refractivity contribution in [2.45, 2.75) is 36.9 Å². The van der Waals surface area contributed by atoms with E-state index in [0.717, 1.165) is 36.6 Å². The van der Waals surface area contributed by atoms with E-state index in [9.17, 15) is 4.79 Å². The Bertz CT molecular complexity index is 402. The van der Waals surface area contributed by atoms with Gasteiger partial charge in [-0.1, -0.05) is 11.8 Å². The Labute approximate surface area is 117 Å². The molecule has 1 unspecified atom stereocenters. The van der Waals surface area contributed by atoms with Crippen LogP contribution in [0.3, 0.4) is 0 Å². The summed E-state index contributed by atoms with van der Waals surface area (Å²) in [6.07, 6.45) is 7.08. The highest BCUT2D eigenvalue weighted by atomic mass is 32.2. The van der Waals surface area contributed by atoms with Gasteiger partial charge in [0.05, 0.1) is 6.61 Å². The Hall–Kier alpha value is -1.01. The zero-order valence-electron chi connectivity index (χ0n) is 11.2. The van der Waals surface area contributed by atoms with Gasteiger partial charge in [-0.25, -0.2) is 9.78 Å². The van der Waals surface area contributed by atoms with Crippen molar-refractivity contribution in [2.75, 3.05) is 19.0 Å². The SMILES string of the molecule is Cn1ccnc1SCCCOC(=O)C1CCCCO1. The third kappa shape index (κ3) is 4.54. The molecule has 0 N–H and O–H groups in total. The monoisotopic (exact) mass is 284 g/mol. The summed E-state index contributed by atoms with van der Waals surface area (Å²) in [5.74, 6) is 0.686. The third-order valence-electron chi connectivity index (χ3n) is 2.98. The first kappa shape index (κ1) is 14.4. The minimum atomic E-state index is -0.337. The van der Waals surface area contributed by atoms with Crippen LogP contribution in [0, 0.1) is 0 Å². The van der Waals surface area contributed by atoms with E-state index in [1.54, 1.807) is 18.0 Å². The van der Waals surface area contributed by atoms with E-state index < -0.39 is 0 Å². The number of imidazole rings is 1. The molecule has 106 valence electrons. The van der Waals surface area contributed by atoms with Crippen molar-refractivity contribution in [2.24, 2.45) is 7.05 Å². The van der Waals surface area contributed by atoms with E-state index in [4.69, 9.17) is 9.47 Å². The van der Waals surface area contributed by atoms with Crippen molar-refractivity contribution < 1.29 is 14.3 Å². The van der Waals surface area contributed by atoms with E-state index >= 15 is 0 Å². The Morgan fingerprint density at radius 2 is 2.53 bits per heavy atom. The summed E-state index contributed by atoms with van der Waals surface area (Å²) in [6, 6.07) is 0. The van der Waals surface area contributed by atoms with Gasteiger partial charge in [0.2, 0.25) is 0 Å². The fourth-order valence-electron chi connectivity index (χ4n) is 1.91. The first-order chi connectivity index (χ1) is 9.27. The molecule has 1 saturated heterocycles. The summed E-state index contributed by atoms with van der Waals surface area (Å²) in [6.45, 7) is 1.13. The second-order valence-electron chi connectivity index (χ2n) is 4.55. The zero-order valence-corrected chi connectivity index (χ0v) is 12.0. The van der Waals surface area contributed by atoms with Crippen molar-refractivity contribution >= 4 is 17.7 Å². The Morgan fingerprint density at radius 3 is 3.21 bits per heavy atom. The number of carbonyl (C=O) groups is 1. The van der Waals surface area contributed by atoms with Gasteiger partial charge in [-0.05, 0) is 25.7 Å². The maximum Gasteiger partial charge on any atom is 0.335 e. The van der Waals surface area contributed by atoms with Crippen LogP contribution in [0.1, 0.15) is 25.7 Å². The fraction of sp³-hybridized carbons (Fsp3) is 0.692. The lowest BCUT2D eigenvalue weighted by Crippen LogP contribution is -2.30. The van der Waals surface area contributed by atoms with Gasteiger partial charge in [-0.2, -0.15) is 0 Å². The maximum atomic E-state index is 11.7. The first-order valence-electron chi connectivity index (χ1n) is 6.66. The van der Waals surface area contributed by atoms with E-state index in [2.05, 4.69) is 4.98 Å². The number of ether oxygens (including phenoxy) is 2. The molecule has 1 aliphatic rings. The molecule has 6 heteroatoms. The van der Waals surface area contributed by atoms with Crippen LogP contribution < -0.4 is 0 Å². The number of rotatable bonds is 6. The zero-order chi connectivity index (χ0) is 13.5. The van der Waals surface area contributed by atoms with Gasteiger partial charge in [0.15, 0.2) is 11.3 Å². The van der Waals surface area contributed by atoms with Gasteiger partial charge < -0.3 is 14.0 Å². The van der Waals surface area contributed by atoms with Crippen LogP contribution in [-0.4, -0.2) is 40.6 Å². The van der Waals surface area contributed by atoms with Crippen molar-refractivity contribution in [1.29, 1.82) is 0 Å². The largest absolute Gasteiger partial charge is 0.464 e. The first-order valence-corrected chi connectivity index (χ1v) is 7.64. The van der Waals surface area contributed by atoms with Gasteiger partial charge in [-0.15, -0.1) is 0 Å². The molecule has 0 aliphatic carbocycles. The van der Waals surface area contributed by atoms with Crippen LogP contribution in [-0.2, 0) is 21.3 Å². The number of aromatic nitrogens is 2. The maximum absolute atomic E-state index is 11.7. The van der Waals surface area contributed by atoms with Gasteiger partial charge in [0, 0.05) is 31.8 Å². The molecule has 0 bridgehead atoms. The van der Waals surface area contributed by atoms with Crippen LogP contribution in [0.25, 0.3) is 0 Å². The molecule has 19 heavy (non-hydrogen) atoms. The molecule has 5 nitrogen and oxygen atoms in total. The molecular weight excluding hydrogens is 264 g/mol. The molecule has 1 fully saturated rings. The Kier molecular flexibility index (Phi) is 5.72. The summed E-state index contributed by atoms with van der Waals surface area (Å²) in [4.78, 5) is 15.9. The van der Waals surface area contributed by atoms with Crippen molar-refractivity contribution in [3.8, 4) is 0 Å². The normalized spacial score (nSPS) is 19.3. The van der Waals surface area contributed by atoms with E-state index in [-0.39, 0.29) is 12.1 Å². The molecule has 0 saturated carbocycles. The topological polar surface area (TPSA) is 53.4 Å². The fourth-order valence-corrected chi connectivity index (χ4v) is 2.75. The van der Waals surface area contributed by atoms with Crippen molar-refractivity contribution in [3.05, 3.63) is 12.4 Å². The number of hydrogen-bond donors (Lipinski definition) is 0. The molecule has 2 rings (SSSR count). The second kappa shape index (κ2) is 7.55. The summed E-state index contributed by atoms with van der Waals surface area (Å²) in [5.41, 5.74) is 0. The van der Waals surface area contributed by atoms with Crippen LogP contribution in [0.15, 0.2) is 17.6 Å². The summed E-state index contributed by atoms with van der Waals surface area (Å²) in [7, 11) is 1.97. The van der Waals surface area contributed by atoms with Crippen LogP contribution in [0.4, 0.5) is 0 Å². The van der Waals surface area contributed by atoms with Crippen LogP contribution in [0.2, 0.25) is 0 Å². The predicted octanol–water partition coefficient (Wildman–Crippen LogP) is 2.01. The molecule has 0 aromatic carbocycles. The molecular formula is C13H20N2O3S. The van der Waals surface area contributed by atoms with Crippen molar-refractivity contribution in [3.63, 3.8) is 0 Å². The van der Waals surface area contributed by atoms with Gasteiger partial charge in [0.25, 0.3) is 0 Å². The van der Waals surface area contributed by atoms with Gasteiger partial charge >= 0.3 is 5.97 Å². The van der Waals surface area contributed by atoms with Gasteiger partial charge in [0.1, 0.15) is 0 Å². The number of esters is 1. The quantitative estimate of drug-likeness (QED) is 0.454. The molecule has 1 aromatic heterocycles. The van der Waals surface area contributed by atoms with Crippen molar-refractivity contribution in [1.82, 2.24) is 9.55 Å². The minimum absolute atomic E-state index is 0.207. The molecule has 0 spiro atoms. The lowest BCUT2D eigenvalue weighted by atomic mass is 10.1. The highest BCUT2D eigenvalue weighted by Crippen LogP contribution is 2.16. The predicted molar refractivity (Wildman–Crippen MR) is 73.1 cm³/mol. The average Bonchev–Trinajstić information content (AvgIpc) is 2.85. The molecule has 2 heterocycles. The van der Waals surface area contributed by atoms with Crippen LogP contribution >= 0.6 is 11.8 Å². The average molecular weight is 284 g/mol. The number of thioether (sulfide) groups is 1. The summed E-state index contributed by atoms with van der Waals surface area (Å²) >= 11 is 1.67. The summed E-state index contributed by atoms with van der Waals surface area (Å²) < 4.78 is 12.6. The Balaban J connectivity index is 1.56. The number of hydrogen-bond acceptors (Lipinski definition) is 5. The van der Waals surface area contributed by atoms with Crippen LogP contribution in [0.5, 0.6) is 0 Å². The lowest BCUT2D eigenvalue weighted by Gasteiger charge is -2.20. The molecule has 1 aromatic rings. The summed E-state index contributed by atoms with van der Waals surface area (Å²) in [5, 5.41) is 0.988. The highest BCUT2D eigenvalue weighted by Gasteiger charge is 2.22.